The second-order valence-corrected chi connectivity index (χ2v) is 8.64. The summed E-state index contributed by atoms with van der Waals surface area (Å²) in [6.07, 6.45) is -2.47. The maximum absolute atomic E-state index is 14.2. The molecule has 5 nitrogen and oxygen atoms in total. The van der Waals surface area contributed by atoms with Gasteiger partial charge in [0, 0.05) is 5.41 Å². The Hall–Kier alpha value is -0.380. The van der Waals surface area contributed by atoms with Gasteiger partial charge in [0.2, 0.25) is 0 Å². The van der Waals surface area contributed by atoms with Crippen LogP contribution in [-0.4, -0.2) is 37.6 Å². The lowest BCUT2D eigenvalue weighted by atomic mass is 9.47. The van der Waals surface area contributed by atoms with Crippen LogP contribution in [0.3, 0.4) is 0 Å². The molecule has 0 aromatic heterocycles. The van der Waals surface area contributed by atoms with Crippen LogP contribution in [0, 0.1) is 17.3 Å². The van der Waals surface area contributed by atoms with E-state index in [0.717, 1.165) is 13.5 Å². The molecule has 3 atom stereocenters. The van der Waals surface area contributed by atoms with Crippen molar-refractivity contribution in [2.75, 3.05) is 7.11 Å². The number of rotatable bonds is 5. The van der Waals surface area contributed by atoms with Gasteiger partial charge in [0.05, 0.1) is 12.7 Å². The smallest absolute Gasteiger partial charge is 0.390 e. The van der Waals surface area contributed by atoms with Crippen LogP contribution < -0.4 is 0 Å². The summed E-state index contributed by atoms with van der Waals surface area (Å²) in [6, 6.07) is 0. The Morgan fingerprint density at radius 1 is 1.23 bits per heavy atom. The standard InChI is InChI=1S/C13H19F3O5S/c1-20-21-13(14,15)10(22(16,18)19)11-3-8-2-9(4-11)6-12(17,5-8)7-11/h8-10,17H,2-7H2,1H3. The lowest BCUT2D eigenvalue weighted by molar-refractivity contribution is -0.435. The molecular formula is C13H19F3O5S. The molecule has 3 unspecified atom stereocenters. The van der Waals surface area contributed by atoms with Crippen LogP contribution in [0.25, 0.3) is 0 Å². The summed E-state index contributed by atoms with van der Waals surface area (Å²) >= 11 is 0. The van der Waals surface area contributed by atoms with Crippen LogP contribution in [0.5, 0.6) is 0 Å². The monoisotopic (exact) mass is 344 g/mol. The Kier molecular flexibility index (Phi) is 3.60. The van der Waals surface area contributed by atoms with Gasteiger partial charge in [0.15, 0.2) is 5.25 Å². The van der Waals surface area contributed by atoms with E-state index >= 15 is 0 Å². The molecule has 0 radical (unpaired) electrons. The van der Waals surface area contributed by atoms with Crippen molar-refractivity contribution in [1.82, 2.24) is 0 Å². The number of hydrogen-bond acceptors (Lipinski definition) is 5. The summed E-state index contributed by atoms with van der Waals surface area (Å²) in [4.78, 5) is 7.73. The fourth-order valence-corrected chi connectivity index (χ4v) is 6.80. The quantitative estimate of drug-likeness (QED) is 0.470. The molecule has 9 heteroatoms. The van der Waals surface area contributed by atoms with E-state index in [-0.39, 0.29) is 31.1 Å². The van der Waals surface area contributed by atoms with Crippen LogP contribution in [-0.2, 0) is 20.0 Å². The van der Waals surface area contributed by atoms with Crippen molar-refractivity contribution in [3.63, 3.8) is 0 Å². The molecule has 0 heterocycles. The summed E-state index contributed by atoms with van der Waals surface area (Å²) < 4.78 is 65.1. The highest BCUT2D eigenvalue weighted by Gasteiger charge is 2.69. The fraction of sp³-hybridized carbons (Fsp3) is 1.00. The molecule has 4 fully saturated rings. The molecule has 4 saturated carbocycles. The van der Waals surface area contributed by atoms with E-state index in [1.807, 2.05) is 0 Å². The minimum atomic E-state index is -5.60. The van der Waals surface area contributed by atoms with Gasteiger partial charge in [-0.15, -0.1) is 3.89 Å². The third-order valence-electron chi connectivity index (χ3n) is 5.41. The maximum atomic E-state index is 14.2. The van der Waals surface area contributed by atoms with Gasteiger partial charge in [-0.3, -0.25) is 0 Å². The molecular weight excluding hydrogens is 325 g/mol. The van der Waals surface area contributed by atoms with Gasteiger partial charge in [0.1, 0.15) is 0 Å². The SMILES string of the molecule is COOC(F)(F)C(C12CC3CC(CC(O)(C3)C1)C2)S(=O)(=O)F. The molecule has 0 aliphatic heterocycles. The van der Waals surface area contributed by atoms with Crippen LogP contribution >= 0.6 is 0 Å². The Bertz CT molecular complexity index is 550. The molecule has 0 saturated heterocycles. The van der Waals surface area contributed by atoms with Gasteiger partial charge < -0.3 is 5.11 Å². The van der Waals surface area contributed by atoms with Crippen molar-refractivity contribution in [1.29, 1.82) is 0 Å². The minimum Gasteiger partial charge on any atom is -0.390 e. The molecule has 128 valence electrons. The average molecular weight is 344 g/mol. The summed E-state index contributed by atoms with van der Waals surface area (Å²) in [5.41, 5.74) is -2.70. The van der Waals surface area contributed by atoms with E-state index in [1.54, 1.807) is 0 Å². The van der Waals surface area contributed by atoms with E-state index in [9.17, 15) is 26.2 Å². The van der Waals surface area contributed by atoms with Crippen molar-refractivity contribution >= 4 is 10.2 Å². The third-order valence-corrected chi connectivity index (χ3v) is 6.75. The summed E-state index contributed by atoms with van der Waals surface area (Å²) in [6.45, 7) is 0. The first-order valence-electron chi connectivity index (χ1n) is 7.25. The van der Waals surface area contributed by atoms with Crippen molar-refractivity contribution < 1.29 is 36.0 Å². The topological polar surface area (TPSA) is 72.8 Å². The van der Waals surface area contributed by atoms with Crippen molar-refractivity contribution in [3.8, 4) is 0 Å². The van der Waals surface area contributed by atoms with E-state index < -0.39 is 32.6 Å². The van der Waals surface area contributed by atoms with Gasteiger partial charge in [0.25, 0.3) is 0 Å². The number of halogens is 3. The van der Waals surface area contributed by atoms with Crippen LogP contribution in [0.1, 0.15) is 38.5 Å². The zero-order valence-electron chi connectivity index (χ0n) is 12.1. The Morgan fingerprint density at radius 2 is 1.77 bits per heavy atom. The van der Waals surface area contributed by atoms with Crippen molar-refractivity contribution in [2.45, 2.75) is 55.5 Å². The first-order valence-corrected chi connectivity index (χ1v) is 8.70. The van der Waals surface area contributed by atoms with Crippen molar-refractivity contribution in [2.24, 2.45) is 17.3 Å². The zero-order valence-corrected chi connectivity index (χ0v) is 12.9. The minimum absolute atomic E-state index is 0.0613. The highest BCUT2D eigenvalue weighted by atomic mass is 32.3. The van der Waals surface area contributed by atoms with Crippen LogP contribution in [0.15, 0.2) is 0 Å². The first-order chi connectivity index (χ1) is 10.00. The average Bonchev–Trinajstić information content (AvgIpc) is 2.20. The van der Waals surface area contributed by atoms with E-state index in [0.29, 0.717) is 12.8 Å². The first kappa shape index (κ1) is 16.5. The molecule has 0 amide bonds. The van der Waals surface area contributed by atoms with Gasteiger partial charge in [-0.2, -0.15) is 22.1 Å². The number of aliphatic hydroxyl groups is 1. The lowest BCUT2D eigenvalue weighted by Gasteiger charge is -2.61. The third kappa shape index (κ3) is 2.55. The predicted octanol–water partition coefficient (Wildman–Crippen LogP) is 2.16. The van der Waals surface area contributed by atoms with Crippen LogP contribution in [0.2, 0.25) is 0 Å². The molecule has 0 aromatic carbocycles. The largest absolute Gasteiger partial charge is 0.400 e. The van der Waals surface area contributed by atoms with E-state index in [2.05, 4.69) is 9.78 Å². The van der Waals surface area contributed by atoms with E-state index in [1.165, 1.54) is 0 Å². The normalized spacial score (nSPS) is 42.6. The summed E-state index contributed by atoms with van der Waals surface area (Å²) in [5.74, 6) is -0.123. The Balaban J connectivity index is 2.05. The number of hydrogen-bond donors (Lipinski definition) is 1. The molecule has 4 aliphatic rings. The van der Waals surface area contributed by atoms with E-state index in [4.69, 9.17) is 0 Å². The van der Waals surface area contributed by atoms with Crippen molar-refractivity contribution in [3.05, 3.63) is 0 Å². The molecule has 4 bridgehead atoms. The highest BCUT2D eigenvalue weighted by Crippen LogP contribution is 2.65. The van der Waals surface area contributed by atoms with Gasteiger partial charge in [-0.25, -0.2) is 4.89 Å². The highest BCUT2D eigenvalue weighted by molar-refractivity contribution is 7.87. The zero-order chi connectivity index (χ0) is 16.4. The molecule has 4 aliphatic carbocycles. The molecule has 0 aromatic rings. The predicted molar refractivity (Wildman–Crippen MR) is 68.9 cm³/mol. The summed E-state index contributed by atoms with van der Waals surface area (Å²) in [5, 5.41) is 7.88. The lowest BCUT2D eigenvalue weighted by Crippen LogP contribution is -2.64. The number of alkyl halides is 2. The molecule has 4 rings (SSSR count). The molecule has 0 spiro atoms. The second-order valence-electron chi connectivity index (χ2n) is 7.22. The van der Waals surface area contributed by atoms with Gasteiger partial charge >= 0.3 is 16.3 Å². The Morgan fingerprint density at radius 3 is 2.18 bits per heavy atom. The van der Waals surface area contributed by atoms with Gasteiger partial charge in [-0.1, -0.05) is 0 Å². The summed E-state index contributed by atoms with van der Waals surface area (Å²) in [7, 11) is -4.79. The van der Waals surface area contributed by atoms with Gasteiger partial charge in [-0.05, 0) is 50.4 Å². The molecule has 1 N–H and O–H groups in total. The Labute approximate surface area is 126 Å². The van der Waals surface area contributed by atoms with Crippen LogP contribution in [0.4, 0.5) is 12.7 Å². The molecule has 22 heavy (non-hydrogen) atoms. The second kappa shape index (κ2) is 4.81. The maximum Gasteiger partial charge on any atom is 0.400 e. The fourth-order valence-electron chi connectivity index (χ4n) is 5.56.